The summed E-state index contributed by atoms with van der Waals surface area (Å²) in [6.07, 6.45) is 5.34. The van der Waals surface area contributed by atoms with E-state index in [0.717, 1.165) is 12.5 Å². The van der Waals surface area contributed by atoms with Crippen molar-refractivity contribution in [1.29, 1.82) is 0 Å². The molecule has 5 rings (SSSR count). The molecule has 1 aliphatic heterocycles. The molecule has 5 heteroatoms. The molecule has 1 saturated heterocycles. The summed E-state index contributed by atoms with van der Waals surface area (Å²) in [5.74, 6) is 0. The summed E-state index contributed by atoms with van der Waals surface area (Å²) >= 11 is 3.84. The molecule has 42 heavy (non-hydrogen) atoms. The van der Waals surface area contributed by atoms with E-state index in [4.69, 9.17) is 4.43 Å². The van der Waals surface area contributed by atoms with E-state index >= 15 is 0 Å². The molecule has 0 bridgehead atoms. The molecule has 1 nitrogen and oxygen atoms in total. The van der Waals surface area contributed by atoms with Crippen LogP contribution in [-0.2, 0) is 4.43 Å². The lowest BCUT2D eigenvalue weighted by Crippen LogP contribution is -2.90. The van der Waals surface area contributed by atoms with Gasteiger partial charge in [0.2, 0.25) is 0 Å². The van der Waals surface area contributed by atoms with E-state index in [2.05, 4.69) is 172 Å². The van der Waals surface area contributed by atoms with Crippen LogP contribution in [0.5, 0.6) is 0 Å². The van der Waals surface area contributed by atoms with Gasteiger partial charge < -0.3 is 4.43 Å². The fourth-order valence-corrected chi connectivity index (χ4v) is 27.5. The van der Waals surface area contributed by atoms with Crippen LogP contribution in [-0.4, -0.2) is 31.5 Å². The van der Waals surface area contributed by atoms with Gasteiger partial charge in [0.15, 0.2) is 7.59 Å². The topological polar surface area (TPSA) is 9.23 Å². The monoisotopic (exact) mass is 622 g/mol. The summed E-state index contributed by atoms with van der Waals surface area (Å²) in [7, 11) is -5.55. The summed E-state index contributed by atoms with van der Waals surface area (Å²) in [6.45, 7) is 9.02. The molecule has 2 atom stereocenters. The van der Waals surface area contributed by atoms with Crippen LogP contribution in [0.4, 0.5) is 0 Å². The molecule has 0 amide bonds. The molecule has 0 saturated carbocycles. The third-order valence-corrected chi connectivity index (χ3v) is 27.4. The van der Waals surface area contributed by atoms with Crippen LogP contribution in [0.15, 0.2) is 144 Å². The van der Waals surface area contributed by atoms with E-state index in [1.807, 2.05) is 23.5 Å². The third kappa shape index (κ3) is 5.46. The van der Waals surface area contributed by atoms with Crippen molar-refractivity contribution in [3.63, 3.8) is 0 Å². The Balaban J connectivity index is 1.91. The predicted molar refractivity (Wildman–Crippen MR) is 193 cm³/mol. The molecule has 0 aliphatic carbocycles. The van der Waals surface area contributed by atoms with Crippen molar-refractivity contribution in [2.24, 2.45) is 0 Å². The van der Waals surface area contributed by atoms with Gasteiger partial charge in [0.1, 0.15) is 0 Å². The van der Waals surface area contributed by atoms with Crippen LogP contribution >= 0.6 is 23.5 Å². The highest BCUT2D eigenvalue weighted by atomic mass is 32.2. The normalized spacial score (nSPS) is 21.3. The third-order valence-electron chi connectivity index (χ3n) is 8.94. The maximum absolute atomic E-state index is 8.37. The number of hydrogen-bond acceptors (Lipinski definition) is 3. The summed E-state index contributed by atoms with van der Waals surface area (Å²) in [5, 5.41) is 10.8. The van der Waals surface area contributed by atoms with Gasteiger partial charge >= 0.3 is 0 Å². The maximum atomic E-state index is 8.37. The first-order valence-corrected chi connectivity index (χ1v) is 22.0. The number of rotatable bonds is 10. The Labute approximate surface area is 263 Å². The molecule has 0 radical (unpaired) electrons. The Morgan fingerprint density at radius 1 is 0.595 bits per heavy atom. The van der Waals surface area contributed by atoms with Crippen LogP contribution < -0.4 is 20.7 Å². The zero-order valence-electron chi connectivity index (χ0n) is 25.2. The van der Waals surface area contributed by atoms with Crippen molar-refractivity contribution in [3.8, 4) is 0 Å². The molecule has 4 aromatic rings. The largest absolute Gasteiger partial charge is 0.402 e. The standard InChI is InChI=1S/C37H42OS2Si2/c1-5-28-39-31(3)37(32(4)40-29-6-2)27-30-41(33-19-11-7-12-20-33,34-21-13-8-14-22-34)42(38-37,35-23-15-9-16-24-35)36-25-17-10-18-26-36/h5-26,28-29,31-32H,27,30H2,1-4H3. The maximum Gasteiger partial charge on any atom is 0.251 e. The van der Waals surface area contributed by atoms with Gasteiger partial charge in [-0.1, -0.05) is 158 Å². The minimum atomic E-state index is -2.97. The van der Waals surface area contributed by atoms with Crippen molar-refractivity contribution < 1.29 is 4.43 Å². The van der Waals surface area contributed by atoms with E-state index in [9.17, 15) is 0 Å². The number of thioether (sulfide) groups is 2. The molecule has 1 fully saturated rings. The van der Waals surface area contributed by atoms with Crippen LogP contribution in [0.3, 0.4) is 0 Å². The van der Waals surface area contributed by atoms with Gasteiger partial charge in [0, 0.05) is 10.5 Å². The van der Waals surface area contributed by atoms with Crippen molar-refractivity contribution in [2.75, 3.05) is 0 Å². The average Bonchev–Trinajstić information content (AvgIpc) is 3.07. The SMILES string of the molecule is CC=CSC(C)C1(C(C)SC=CC)CC[Si](c2ccccc2)(c2ccccc2)[Si](c2ccccc2)(c2ccccc2)O1. The first-order valence-electron chi connectivity index (χ1n) is 15.0. The molecule has 1 heterocycles. The lowest BCUT2D eigenvalue weighted by atomic mass is 9.93. The summed E-state index contributed by atoms with van der Waals surface area (Å²) in [5.41, 5.74) is -0.327. The lowest BCUT2D eigenvalue weighted by molar-refractivity contribution is 0.0613. The highest BCUT2D eigenvalue weighted by Crippen LogP contribution is 2.48. The second-order valence-electron chi connectivity index (χ2n) is 11.1. The molecule has 0 spiro atoms. The summed E-state index contributed by atoms with van der Waals surface area (Å²) < 4.78 is 8.37. The summed E-state index contributed by atoms with van der Waals surface area (Å²) in [4.78, 5) is 0. The quantitative estimate of drug-likeness (QED) is 0.169. The minimum absolute atomic E-state index is 0.277. The van der Waals surface area contributed by atoms with E-state index in [-0.39, 0.29) is 16.1 Å². The Morgan fingerprint density at radius 3 is 1.31 bits per heavy atom. The van der Waals surface area contributed by atoms with Crippen LogP contribution in [0, 0.1) is 0 Å². The van der Waals surface area contributed by atoms with Gasteiger partial charge in [-0.2, -0.15) is 0 Å². The molecule has 1 aliphatic rings. The Kier molecular flexibility index (Phi) is 10.2. The first kappa shape index (κ1) is 30.9. The number of benzene rings is 4. The van der Waals surface area contributed by atoms with Gasteiger partial charge in [-0.15, -0.1) is 23.5 Å². The second kappa shape index (κ2) is 13.8. The Hall–Kier alpha value is -2.55. The fraction of sp³-hybridized carbons (Fsp3) is 0.243. The second-order valence-corrected chi connectivity index (χ2v) is 24.5. The predicted octanol–water partition coefficient (Wildman–Crippen LogP) is 7.56. The molecule has 2 unspecified atom stereocenters. The van der Waals surface area contributed by atoms with E-state index in [1.165, 1.54) is 20.7 Å². The molecular formula is C37H42OS2Si2. The highest BCUT2D eigenvalue weighted by Gasteiger charge is 2.68. The zero-order chi connectivity index (χ0) is 29.5. The Morgan fingerprint density at radius 2 is 0.952 bits per heavy atom. The van der Waals surface area contributed by atoms with Gasteiger partial charge in [-0.25, -0.2) is 0 Å². The van der Waals surface area contributed by atoms with E-state index < -0.39 is 15.4 Å². The molecule has 4 aromatic carbocycles. The Bertz CT molecular complexity index is 1360. The molecule has 0 N–H and O–H groups in total. The lowest BCUT2D eigenvalue weighted by Gasteiger charge is -2.60. The van der Waals surface area contributed by atoms with Crippen LogP contribution in [0.1, 0.15) is 34.1 Å². The number of allylic oxidation sites excluding steroid dienone is 2. The van der Waals surface area contributed by atoms with Crippen molar-refractivity contribution >= 4 is 59.7 Å². The fourth-order valence-electron chi connectivity index (χ4n) is 6.94. The molecular weight excluding hydrogens is 581 g/mol. The highest BCUT2D eigenvalue weighted by molar-refractivity contribution is 8.03. The van der Waals surface area contributed by atoms with Gasteiger partial charge in [0.05, 0.1) is 5.60 Å². The molecule has 0 aromatic heterocycles. The average molecular weight is 623 g/mol. The number of hydrogen-bond donors (Lipinski definition) is 0. The van der Waals surface area contributed by atoms with Crippen molar-refractivity contribution in [2.45, 2.75) is 56.3 Å². The van der Waals surface area contributed by atoms with Gasteiger partial charge in [-0.3, -0.25) is 0 Å². The first-order chi connectivity index (χ1) is 20.5. The summed E-state index contributed by atoms with van der Waals surface area (Å²) in [6, 6.07) is 46.7. The van der Waals surface area contributed by atoms with E-state index in [1.54, 1.807) is 0 Å². The van der Waals surface area contributed by atoms with Crippen LogP contribution in [0.25, 0.3) is 0 Å². The van der Waals surface area contributed by atoms with Crippen LogP contribution in [0.2, 0.25) is 6.04 Å². The van der Waals surface area contributed by atoms with Crippen molar-refractivity contribution in [3.05, 3.63) is 144 Å². The van der Waals surface area contributed by atoms with E-state index in [0.29, 0.717) is 0 Å². The zero-order valence-corrected chi connectivity index (χ0v) is 28.8. The van der Waals surface area contributed by atoms with Gasteiger partial charge in [-0.05, 0) is 47.5 Å². The molecule has 216 valence electrons. The van der Waals surface area contributed by atoms with Gasteiger partial charge in [0.25, 0.3) is 7.83 Å². The smallest absolute Gasteiger partial charge is 0.251 e. The minimum Gasteiger partial charge on any atom is -0.402 e. The van der Waals surface area contributed by atoms with Crippen molar-refractivity contribution in [1.82, 2.24) is 0 Å².